The molecule has 4 rings (SSSR count). The van der Waals surface area contributed by atoms with Gasteiger partial charge in [-0.05, 0) is 108 Å². The molecule has 2 saturated heterocycles. The van der Waals surface area contributed by atoms with Gasteiger partial charge in [0.05, 0.1) is 0 Å². The summed E-state index contributed by atoms with van der Waals surface area (Å²) in [4.78, 5) is 8.19. The van der Waals surface area contributed by atoms with E-state index in [1.807, 2.05) is 0 Å². The number of aryl methyl sites for hydroxylation is 1. The number of likely N-dealkylation sites (tertiary alicyclic amines) is 2. The van der Waals surface area contributed by atoms with E-state index < -0.39 is 0 Å². The van der Waals surface area contributed by atoms with Crippen molar-refractivity contribution >= 4 is 5.57 Å². The fourth-order valence-corrected chi connectivity index (χ4v) is 6.29. The number of allylic oxidation sites excluding steroid dienone is 1. The number of hydrogen-bond acceptors (Lipinski definition) is 3. The summed E-state index contributed by atoms with van der Waals surface area (Å²) >= 11 is 0. The lowest BCUT2D eigenvalue weighted by atomic mass is 9.72. The number of likely N-dealkylation sites (N-methyl/N-ethyl adjacent to an activating group) is 1. The van der Waals surface area contributed by atoms with Crippen LogP contribution in [-0.2, 0) is 12.0 Å². The average molecular weight is 424 g/mol. The fourth-order valence-electron chi connectivity index (χ4n) is 6.29. The van der Waals surface area contributed by atoms with E-state index in [-0.39, 0.29) is 5.54 Å². The highest BCUT2D eigenvalue weighted by atomic mass is 15.2. The van der Waals surface area contributed by atoms with E-state index >= 15 is 0 Å². The molecule has 0 N–H and O–H groups in total. The molecule has 1 atom stereocenters. The van der Waals surface area contributed by atoms with Gasteiger partial charge in [0.1, 0.15) is 0 Å². The van der Waals surface area contributed by atoms with Crippen LogP contribution in [0.3, 0.4) is 0 Å². The minimum atomic E-state index is 0.189. The third-order valence-corrected chi connectivity index (χ3v) is 8.36. The number of fused-ring (bicyclic) bond motifs is 1. The van der Waals surface area contributed by atoms with E-state index in [4.69, 9.17) is 0 Å². The van der Waals surface area contributed by atoms with Crippen LogP contribution in [0.15, 0.2) is 24.8 Å². The van der Waals surface area contributed by atoms with Crippen LogP contribution < -0.4 is 0 Å². The summed E-state index contributed by atoms with van der Waals surface area (Å²) in [7, 11) is 2.42. The molecule has 2 fully saturated rings. The van der Waals surface area contributed by atoms with Gasteiger partial charge in [-0.25, -0.2) is 0 Å². The lowest BCUT2D eigenvalue weighted by Gasteiger charge is -2.48. The van der Waals surface area contributed by atoms with Crippen molar-refractivity contribution in [2.24, 2.45) is 0 Å². The van der Waals surface area contributed by atoms with E-state index in [1.165, 1.54) is 121 Å². The van der Waals surface area contributed by atoms with E-state index in [1.54, 1.807) is 11.1 Å². The summed E-state index contributed by atoms with van der Waals surface area (Å²) in [6.45, 7) is 15.2. The number of benzene rings is 1. The quantitative estimate of drug-likeness (QED) is 0.543. The maximum atomic E-state index is 4.20. The largest absolute Gasteiger partial charge is 0.303 e. The molecule has 0 radical (unpaired) electrons. The molecule has 3 heteroatoms. The summed E-state index contributed by atoms with van der Waals surface area (Å²) in [5.41, 5.74) is 5.89. The normalized spacial score (nSPS) is 25.5. The van der Waals surface area contributed by atoms with Crippen LogP contribution in [-0.4, -0.2) is 67.6 Å². The first kappa shape index (κ1) is 23.0. The third kappa shape index (κ3) is 5.43. The number of rotatable bonds is 8. The molecular weight excluding hydrogens is 378 g/mol. The lowest BCUT2D eigenvalue weighted by Crippen LogP contribution is -2.51. The van der Waals surface area contributed by atoms with Gasteiger partial charge < -0.3 is 9.80 Å². The summed E-state index contributed by atoms with van der Waals surface area (Å²) in [5.74, 6) is 0. The second kappa shape index (κ2) is 10.6. The maximum absolute atomic E-state index is 4.20. The highest BCUT2D eigenvalue weighted by Gasteiger charge is 2.40. The van der Waals surface area contributed by atoms with Crippen molar-refractivity contribution in [2.75, 3.05) is 52.9 Å². The van der Waals surface area contributed by atoms with Gasteiger partial charge in [0.25, 0.3) is 0 Å². The lowest BCUT2D eigenvalue weighted by molar-refractivity contribution is 0.0562. The molecule has 2 heterocycles. The second-order valence-corrected chi connectivity index (χ2v) is 10.5. The van der Waals surface area contributed by atoms with Crippen LogP contribution in [0, 0.1) is 0 Å². The Morgan fingerprint density at radius 3 is 2.23 bits per heavy atom. The zero-order valence-electron chi connectivity index (χ0n) is 20.3. The van der Waals surface area contributed by atoms with Crippen LogP contribution >= 0.6 is 0 Å². The molecule has 1 unspecified atom stereocenters. The standard InChI is InChI=1S/C28H45N3/c1-24(2)25-12-13-27-26(23-25)11-10-14-28(27,15-20-30-16-6-4-7-17-30)29(3)21-22-31-18-8-5-9-19-31/h12-13,23H,1,4-11,14-22H2,2-3H3. The van der Waals surface area contributed by atoms with Gasteiger partial charge in [0.2, 0.25) is 0 Å². The smallest absolute Gasteiger partial charge is 0.0473 e. The Bertz CT molecular complexity index is 730. The van der Waals surface area contributed by atoms with Crippen LogP contribution in [0.4, 0.5) is 0 Å². The van der Waals surface area contributed by atoms with Crippen molar-refractivity contribution in [3.63, 3.8) is 0 Å². The Morgan fingerprint density at radius 2 is 1.58 bits per heavy atom. The summed E-state index contributed by atoms with van der Waals surface area (Å²) in [6.07, 6.45) is 13.5. The van der Waals surface area contributed by atoms with Crippen LogP contribution in [0.1, 0.15) is 81.4 Å². The van der Waals surface area contributed by atoms with Gasteiger partial charge in [0, 0.05) is 25.2 Å². The van der Waals surface area contributed by atoms with Gasteiger partial charge in [-0.15, -0.1) is 0 Å². The topological polar surface area (TPSA) is 9.72 Å². The highest BCUT2D eigenvalue weighted by molar-refractivity contribution is 5.63. The molecule has 3 aliphatic rings. The molecular formula is C28H45N3. The fraction of sp³-hybridized carbons (Fsp3) is 0.714. The summed E-state index contributed by atoms with van der Waals surface area (Å²) in [6, 6.07) is 7.25. The zero-order valence-corrected chi connectivity index (χ0v) is 20.3. The Balaban J connectivity index is 1.55. The van der Waals surface area contributed by atoms with Crippen molar-refractivity contribution < 1.29 is 0 Å². The molecule has 1 aromatic carbocycles. The Kier molecular flexibility index (Phi) is 7.90. The molecule has 0 spiro atoms. The predicted octanol–water partition coefficient (Wildman–Crippen LogP) is 5.55. The summed E-state index contributed by atoms with van der Waals surface area (Å²) in [5, 5.41) is 0. The highest BCUT2D eigenvalue weighted by Crippen LogP contribution is 2.43. The Morgan fingerprint density at radius 1 is 0.935 bits per heavy atom. The number of hydrogen-bond donors (Lipinski definition) is 0. The minimum absolute atomic E-state index is 0.189. The Hall–Kier alpha value is -1.16. The van der Waals surface area contributed by atoms with Gasteiger partial charge in [-0.3, -0.25) is 4.90 Å². The van der Waals surface area contributed by atoms with Crippen molar-refractivity contribution in [1.29, 1.82) is 0 Å². The minimum Gasteiger partial charge on any atom is -0.303 e. The van der Waals surface area contributed by atoms with Crippen molar-refractivity contribution in [2.45, 2.75) is 76.7 Å². The van der Waals surface area contributed by atoms with E-state index in [9.17, 15) is 0 Å². The third-order valence-electron chi connectivity index (χ3n) is 8.36. The van der Waals surface area contributed by atoms with E-state index in [0.717, 1.165) is 0 Å². The second-order valence-electron chi connectivity index (χ2n) is 10.5. The van der Waals surface area contributed by atoms with Crippen molar-refractivity contribution in [3.8, 4) is 0 Å². The SMILES string of the molecule is C=C(C)c1ccc2c(c1)CCCC2(CCN1CCCCC1)N(C)CCN1CCCCC1. The van der Waals surface area contributed by atoms with Crippen molar-refractivity contribution in [1.82, 2.24) is 14.7 Å². The molecule has 1 aromatic rings. The molecule has 0 aromatic heterocycles. The van der Waals surface area contributed by atoms with Crippen molar-refractivity contribution in [3.05, 3.63) is 41.5 Å². The first-order valence-corrected chi connectivity index (χ1v) is 13.0. The van der Waals surface area contributed by atoms with Crippen LogP contribution in [0.25, 0.3) is 5.57 Å². The monoisotopic (exact) mass is 423 g/mol. The average Bonchev–Trinajstić information content (AvgIpc) is 2.82. The molecule has 0 amide bonds. The van der Waals surface area contributed by atoms with Crippen LogP contribution in [0.2, 0.25) is 0 Å². The molecule has 1 aliphatic carbocycles. The molecule has 2 aliphatic heterocycles. The van der Waals surface area contributed by atoms with Gasteiger partial charge >= 0.3 is 0 Å². The van der Waals surface area contributed by atoms with E-state index in [2.05, 4.69) is 53.4 Å². The number of piperidine rings is 2. The maximum Gasteiger partial charge on any atom is 0.0473 e. The zero-order chi connectivity index (χ0) is 21.7. The summed E-state index contributed by atoms with van der Waals surface area (Å²) < 4.78 is 0. The van der Waals surface area contributed by atoms with Gasteiger partial charge in [0.15, 0.2) is 0 Å². The van der Waals surface area contributed by atoms with E-state index in [0.29, 0.717) is 0 Å². The molecule has 0 saturated carbocycles. The molecule has 31 heavy (non-hydrogen) atoms. The first-order chi connectivity index (χ1) is 15.1. The molecule has 0 bridgehead atoms. The van der Waals surface area contributed by atoms with Gasteiger partial charge in [-0.2, -0.15) is 0 Å². The predicted molar refractivity (Wildman–Crippen MR) is 134 cm³/mol. The Labute approximate surface area is 191 Å². The molecule has 172 valence electrons. The first-order valence-electron chi connectivity index (χ1n) is 13.0. The van der Waals surface area contributed by atoms with Crippen LogP contribution in [0.5, 0.6) is 0 Å². The van der Waals surface area contributed by atoms with Gasteiger partial charge in [-0.1, -0.05) is 43.2 Å². The number of nitrogens with zero attached hydrogens (tertiary/aromatic N) is 3. The molecule has 3 nitrogen and oxygen atoms in total.